The van der Waals surface area contributed by atoms with Crippen molar-refractivity contribution >= 4 is 17.8 Å². The number of carboxylic acid groups (broad SMARTS) is 2. The van der Waals surface area contributed by atoms with Crippen molar-refractivity contribution in [3.63, 3.8) is 0 Å². The zero-order valence-corrected chi connectivity index (χ0v) is 17.6. The number of carboxylic acids is 2. The molecule has 0 saturated heterocycles. The second kappa shape index (κ2) is 20.1. The molecule has 0 fully saturated rings. The molecule has 0 aliphatic carbocycles. The van der Waals surface area contributed by atoms with Gasteiger partial charge in [0.1, 0.15) is 6.04 Å². The Morgan fingerprint density at radius 1 is 0.893 bits per heavy atom. The molecule has 1 atom stereocenters. The summed E-state index contributed by atoms with van der Waals surface area (Å²) in [6.45, 7) is 3.33. The predicted molar refractivity (Wildman–Crippen MR) is 109 cm³/mol. The molecule has 1 amide bonds. The standard InChI is InChI=1S/C12H25NO.C8H15NO5/c1-2-3-4-5-6-7-8-9-10-11-12(13)14;1-2-6(8(13)14)9(3-4-10)5-7(11)12/h2-11H2,1H3,(H2,13,14);6,10H,2-5H2,1H3,(H,11,12)(H,13,14). The molecule has 166 valence electrons. The van der Waals surface area contributed by atoms with Gasteiger partial charge in [-0.2, -0.15) is 0 Å². The summed E-state index contributed by atoms with van der Waals surface area (Å²) in [5.74, 6) is -2.33. The maximum atomic E-state index is 10.7. The number of rotatable bonds is 17. The van der Waals surface area contributed by atoms with Gasteiger partial charge >= 0.3 is 11.9 Å². The first kappa shape index (κ1) is 28.5. The highest BCUT2D eigenvalue weighted by Gasteiger charge is 2.24. The summed E-state index contributed by atoms with van der Waals surface area (Å²) in [5.41, 5.74) is 5.05. The van der Waals surface area contributed by atoms with Gasteiger partial charge in [0.05, 0.1) is 13.2 Å². The maximum absolute atomic E-state index is 10.7. The normalized spacial score (nSPS) is 11.6. The highest BCUT2D eigenvalue weighted by atomic mass is 16.4. The first-order chi connectivity index (χ1) is 13.3. The fourth-order valence-electron chi connectivity index (χ4n) is 2.85. The van der Waals surface area contributed by atoms with Crippen LogP contribution >= 0.6 is 0 Å². The van der Waals surface area contributed by atoms with Crippen LogP contribution in [-0.2, 0) is 14.4 Å². The number of carbonyl (C=O) groups is 3. The fraction of sp³-hybridized carbons (Fsp3) is 0.850. The van der Waals surface area contributed by atoms with E-state index in [0.29, 0.717) is 12.8 Å². The average Bonchev–Trinajstić information content (AvgIpc) is 2.60. The van der Waals surface area contributed by atoms with Gasteiger partial charge in [0.25, 0.3) is 0 Å². The number of unbranched alkanes of at least 4 members (excludes halogenated alkanes) is 8. The van der Waals surface area contributed by atoms with Gasteiger partial charge in [-0.05, 0) is 12.8 Å². The number of aliphatic hydroxyl groups is 1. The van der Waals surface area contributed by atoms with E-state index >= 15 is 0 Å². The molecule has 5 N–H and O–H groups in total. The third-order valence-corrected chi connectivity index (χ3v) is 4.36. The smallest absolute Gasteiger partial charge is 0.320 e. The number of amides is 1. The topological polar surface area (TPSA) is 141 Å². The molecule has 28 heavy (non-hydrogen) atoms. The summed E-state index contributed by atoms with van der Waals surface area (Å²) < 4.78 is 0. The van der Waals surface area contributed by atoms with Gasteiger partial charge in [-0.3, -0.25) is 19.3 Å². The third-order valence-electron chi connectivity index (χ3n) is 4.36. The van der Waals surface area contributed by atoms with Crippen LogP contribution in [0.3, 0.4) is 0 Å². The Labute approximate surface area is 169 Å². The summed E-state index contributed by atoms with van der Waals surface area (Å²) >= 11 is 0. The molecular formula is C20H40N2O6. The average molecular weight is 405 g/mol. The SMILES string of the molecule is CCC(C(=O)O)N(CCO)CC(=O)O.CCCCCCCCCCCC(N)=O. The molecule has 0 aromatic rings. The fourth-order valence-corrected chi connectivity index (χ4v) is 2.85. The van der Waals surface area contributed by atoms with Crippen LogP contribution in [0.5, 0.6) is 0 Å². The molecule has 8 heteroatoms. The maximum Gasteiger partial charge on any atom is 0.320 e. The predicted octanol–water partition coefficient (Wildman–Crippen LogP) is 2.62. The lowest BCUT2D eigenvalue weighted by atomic mass is 10.1. The summed E-state index contributed by atoms with van der Waals surface area (Å²) in [4.78, 5) is 32.8. The van der Waals surface area contributed by atoms with Crippen LogP contribution in [0.4, 0.5) is 0 Å². The first-order valence-corrected chi connectivity index (χ1v) is 10.4. The van der Waals surface area contributed by atoms with Crippen LogP contribution in [0.1, 0.15) is 84.5 Å². The van der Waals surface area contributed by atoms with E-state index in [1.54, 1.807) is 6.92 Å². The van der Waals surface area contributed by atoms with E-state index in [1.807, 2.05) is 0 Å². The summed E-state index contributed by atoms with van der Waals surface area (Å²) in [7, 11) is 0. The quantitative estimate of drug-likeness (QED) is 0.273. The number of nitrogens with zero attached hydrogens (tertiary/aromatic N) is 1. The second-order valence-corrected chi connectivity index (χ2v) is 6.89. The largest absolute Gasteiger partial charge is 0.480 e. The second-order valence-electron chi connectivity index (χ2n) is 6.89. The number of aliphatic hydroxyl groups excluding tert-OH is 1. The minimum absolute atomic E-state index is 0.0527. The van der Waals surface area contributed by atoms with Gasteiger partial charge in [-0.1, -0.05) is 65.2 Å². The van der Waals surface area contributed by atoms with Crippen LogP contribution in [0.2, 0.25) is 0 Å². The minimum Gasteiger partial charge on any atom is -0.480 e. The van der Waals surface area contributed by atoms with Crippen molar-refractivity contribution < 1.29 is 29.7 Å². The summed E-state index contributed by atoms with van der Waals surface area (Å²) in [6, 6.07) is -0.849. The minimum atomic E-state index is -1.10. The van der Waals surface area contributed by atoms with Crippen molar-refractivity contribution in [1.82, 2.24) is 4.90 Å². The lowest BCUT2D eigenvalue weighted by Gasteiger charge is -2.25. The number of primary amides is 1. The zero-order valence-electron chi connectivity index (χ0n) is 17.6. The van der Waals surface area contributed by atoms with E-state index in [-0.39, 0.29) is 25.6 Å². The Bertz CT molecular complexity index is 418. The molecule has 0 bridgehead atoms. The van der Waals surface area contributed by atoms with Crippen LogP contribution in [0.25, 0.3) is 0 Å². The van der Waals surface area contributed by atoms with Gasteiger partial charge in [-0.15, -0.1) is 0 Å². The van der Waals surface area contributed by atoms with E-state index in [4.69, 9.17) is 21.1 Å². The van der Waals surface area contributed by atoms with Crippen molar-refractivity contribution in [2.75, 3.05) is 19.7 Å². The molecule has 0 aromatic heterocycles. The first-order valence-electron chi connectivity index (χ1n) is 10.4. The Morgan fingerprint density at radius 3 is 1.75 bits per heavy atom. The van der Waals surface area contributed by atoms with Crippen LogP contribution in [0.15, 0.2) is 0 Å². The van der Waals surface area contributed by atoms with E-state index in [0.717, 1.165) is 12.8 Å². The van der Waals surface area contributed by atoms with Crippen molar-refractivity contribution in [2.45, 2.75) is 90.5 Å². The molecular weight excluding hydrogens is 364 g/mol. The lowest BCUT2D eigenvalue weighted by molar-refractivity contribution is -0.146. The summed E-state index contributed by atoms with van der Waals surface area (Å²) in [5, 5.41) is 25.9. The molecule has 0 aliphatic rings. The number of carbonyl (C=O) groups excluding carboxylic acids is 1. The molecule has 0 aliphatic heterocycles. The number of nitrogens with two attached hydrogens (primary N) is 1. The third kappa shape index (κ3) is 19.1. The molecule has 0 spiro atoms. The zero-order chi connectivity index (χ0) is 21.8. The Morgan fingerprint density at radius 2 is 1.39 bits per heavy atom. The van der Waals surface area contributed by atoms with Gasteiger partial charge in [0.15, 0.2) is 0 Å². The number of hydrogen-bond acceptors (Lipinski definition) is 5. The van der Waals surface area contributed by atoms with E-state index in [9.17, 15) is 14.4 Å². The highest BCUT2D eigenvalue weighted by Crippen LogP contribution is 2.10. The molecule has 1 unspecified atom stereocenters. The Balaban J connectivity index is 0. The molecule has 0 radical (unpaired) electrons. The van der Waals surface area contributed by atoms with E-state index in [1.165, 1.54) is 49.8 Å². The monoisotopic (exact) mass is 404 g/mol. The molecule has 0 heterocycles. The Kier molecular flexibility index (Phi) is 20.5. The molecule has 0 rings (SSSR count). The highest BCUT2D eigenvalue weighted by molar-refractivity contribution is 5.75. The van der Waals surface area contributed by atoms with Gasteiger partial charge in [0.2, 0.25) is 5.91 Å². The van der Waals surface area contributed by atoms with Crippen molar-refractivity contribution in [3.05, 3.63) is 0 Å². The van der Waals surface area contributed by atoms with Gasteiger partial charge < -0.3 is 21.1 Å². The van der Waals surface area contributed by atoms with Crippen LogP contribution in [-0.4, -0.2) is 63.8 Å². The van der Waals surface area contributed by atoms with Crippen molar-refractivity contribution in [1.29, 1.82) is 0 Å². The van der Waals surface area contributed by atoms with Crippen LogP contribution < -0.4 is 5.73 Å². The lowest BCUT2D eigenvalue weighted by Crippen LogP contribution is -2.45. The molecule has 0 aromatic carbocycles. The molecule has 0 saturated carbocycles. The summed E-state index contributed by atoms with van der Waals surface area (Å²) in [6.07, 6.45) is 12.4. The van der Waals surface area contributed by atoms with Crippen molar-refractivity contribution in [3.8, 4) is 0 Å². The van der Waals surface area contributed by atoms with Gasteiger partial charge in [-0.25, -0.2) is 0 Å². The molecule has 8 nitrogen and oxygen atoms in total. The van der Waals surface area contributed by atoms with Gasteiger partial charge in [0, 0.05) is 13.0 Å². The number of hydrogen-bond donors (Lipinski definition) is 4. The Hall–Kier alpha value is -1.67. The van der Waals surface area contributed by atoms with Crippen molar-refractivity contribution in [2.24, 2.45) is 5.73 Å². The van der Waals surface area contributed by atoms with E-state index in [2.05, 4.69) is 6.92 Å². The van der Waals surface area contributed by atoms with Crippen LogP contribution in [0, 0.1) is 0 Å². The number of aliphatic carboxylic acids is 2. The van der Waals surface area contributed by atoms with E-state index < -0.39 is 18.0 Å².